The minimum Gasteiger partial charge on any atom is -0.352 e. The van der Waals surface area contributed by atoms with Crippen molar-refractivity contribution in [2.45, 2.75) is 50.2 Å². The van der Waals surface area contributed by atoms with Crippen molar-refractivity contribution < 1.29 is 9.59 Å². The van der Waals surface area contributed by atoms with Gasteiger partial charge in [0.05, 0.1) is 17.4 Å². The number of fused-ring (bicyclic) bond motifs is 2. The number of hydrogen-bond acceptors (Lipinski definition) is 6. The van der Waals surface area contributed by atoms with Gasteiger partial charge >= 0.3 is 0 Å². The van der Waals surface area contributed by atoms with Crippen LogP contribution in [-0.4, -0.2) is 51.7 Å². The van der Waals surface area contributed by atoms with Crippen LogP contribution in [0, 0.1) is 0 Å². The van der Waals surface area contributed by atoms with Crippen LogP contribution in [0.3, 0.4) is 0 Å². The zero-order valence-corrected chi connectivity index (χ0v) is 20.3. The molecule has 0 spiro atoms. The number of benzene rings is 1. The number of rotatable bonds is 4. The van der Waals surface area contributed by atoms with Gasteiger partial charge in [0.1, 0.15) is 5.54 Å². The van der Waals surface area contributed by atoms with Crippen molar-refractivity contribution >= 4 is 49.9 Å². The van der Waals surface area contributed by atoms with Crippen LogP contribution in [0.5, 0.6) is 0 Å². The summed E-state index contributed by atoms with van der Waals surface area (Å²) < 4.78 is 0.950. The predicted molar refractivity (Wildman–Crippen MR) is 129 cm³/mol. The molecule has 1 fully saturated rings. The largest absolute Gasteiger partial charge is 0.352 e. The van der Waals surface area contributed by atoms with E-state index in [1.165, 1.54) is 11.3 Å². The summed E-state index contributed by atoms with van der Waals surface area (Å²) in [7, 11) is 2.07. The number of nitrogens with two attached hydrogens (primary N) is 1. The molecule has 7 nitrogen and oxygen atoms in total. The molecular weight excluding hydrogens is 490 g/mol. The number of carbonyl (C=O) groups is 2. The Kier molecular flexibility index (Phi) is 5.69. The Hall–Kier alpha value is -2.07. The van der Waals surface area contributed by atoms with Crippen molar-refractivity contribution in [3.63, 3.8) is 0 Å². The van der Waals surface area contributed by atoms with Crippen LogP contribution in [-0.2, 0) is 13.0 Å². The number of Topliss-reactive ketones (excluding diaryl/α,β-unsaturated/α-hetero) is 1. The van der Waals surface area contributed by atoms with Crippen LogP contribution in [0.25, 0.3) is 10.9 Å². The molecule has 3 aromatic rings. The quantitative estimate of drug-likeness (QED) is 0.460. The predicted octanol–water partition coefficient (Wildman–Crippen LogP) is 3.63. The highest BCUT2D eigenvalue weighted by molar-refractivity contribution is 9.10. The molecule has 0 radical (unpaired) electrons. The van der Waals surface area contributed by atoms with Gasteiger partial charge in [0.25, 0.3) is 5.91 Å². The third-order valence-electron chi connectivity index (χ3n) is 6.63. The molecule has 2 aliphatic rings. The summed E-state index contributed by atoms with van der Waals surface area (Å²) in [5.74, 6) is -0.392. The highest BCUT2D eigenvalue weighted by Crippen LogP contribution is 2.32. The van der Waals surface area contributed by atoms with E-state index in [1.807, 2.05) is 24.3 Å². The second-order valence-corrected chi connectivity index (χ2v) is 10.9. The Bertz CT molecular complexity index is 1200. The highest BCUT2D eigenvalue weighted by atomic mass is 79.9. The Labute approximate surface area is 198 Å². The molecule has 1 aliphatic heterocycles. The molecule has 168 valence electrons. The number of hydrogen-bond donors (Lipinski definition) is 3. The molecule has 2 unspecified atom stereocenters. The number of aromatic amines is 1. The fourth-order valence-corrected chi connectivity index (χ4v) is 6.26. The van der Waals surface area contributed by atoms with Crippen molar-refractivity contribution in [2.24, 2.45) is 5.73 Å². The van der Waals surface area contributed by atoms with Gasteiger partial charge in [0.15, 0.2) is 5.01 Å². The van der Waals surface area contributed by atoms with Gasteiger partial charge in [-0.25, -0.2) is 4.98 Å². The number of amides is 1. The van der Waals surface area contributed by atoms with Crippen molar-refractivity contribution in [2.75, 3.05) is 13.6 Å². The molecule has 32 heavy (non-hydrogen) atoms. The minimum atomic E-state index is -1.15. The first kappa shape index (κ1) is 21.8. The summed E-state index contributed by atoms with van der Waals surface area (Å²) >= 11 is 4.91. The molecule has 5 rings (SSSR count). The Morgan fingerprint density at radius 2 is 2.19 bits per heavy atom. The number of halogens is 1. The molecule has 0 saturated heterocycles. The summed E-state index contributed by atoms with van der Waals surface area (Å²) in [6.45, 7) is 1.77. The standard InChI is InChI=1S/C23H26BrN5O2S/c1-29-9-7-16-18(12-29)32-22(27-16)21(31)28-19-4-2-3-8-23(19,25)20(30)17-11-13-10-14(24)5-6-15(13)26-17/h5-6,10-11,19,26H,2-4,7-9,12,25H2,1H3,(H,28,31). The van der Waals surface area contributed by atoms with Crippen molar-refractivity contribution in [1.29, 1.82) is 0 Å². The van der Waals surface area contributed by atoms with Gasteiger partial charge in [-0.15, -0.1) is 11.3 Å². The smallest absolute Gasteiger partial charge is 0.280 e. The highest BCUT2D eigenvalue weighted by Gasteiger charge is 2.45. The Morgan fingerprint density at radius 1 is 1.34 bits per heavy atom. The molecule has 0 bridgehead atoms. The first-order valence-corrected chi connectivity index (χ1v) is 12.5. The summed E-state index contributed by atoms with van der Waals surface area (Å²) in [4.78, 5) is 37.8. The zero-order chi connectivity index (χ0) is 22.5. The van der Waals surface area contributed by atoms with Gasteiger partial charge in [-0.2, -0.15) is 0 Å². The maximum Gasteiger partial charge on any atom is 0.280 e. The lowest BCUT2D eigenvalue weighted by molar-refractivity contribution is 0.0755. The van der Waals surface area contributed by atoms with Crippen LogP contribution in [0.2, 0.25) is 0 Å². The van der Waals surface area contributed by atoms with Crippen LogP contribution in [0.15, 0.2) is 28.7 Å². The molecule has 1 aromatic carbocycles. The lowest BCUT2D eigenvalue weighted by atomic mass is 9.74. The normalized spacial score (nSPS) is 23.8. The summed E-state index contributed by atoms with van der Waals surface area (Å²) in [6, 6.07) is 7.24. The fraction of sp³-hybridized carbons (Fsp3) is 0.435. The molecule has 1 saturated carbocycles. The van der Waals surface area contributed by atoms with Gasteiger partial charge in [-0.3, -0.25) is 9.59 Å². The van der Waals surface area contributed by atoms with Crippen LogP contribution in [0.1, 0.15) is 56.5 Å². The number of aromatic nitrogens is 2. The van der Waals surface area contributed by atoms with Gasteiger partial charge in [-0.05, 0) is 44.2 Å². The van der Waals surface area contributed by atoms with Gasteiger partial charge < -0.3 is 20.9 Å². The van der Waals surface area contributed by atoms with Gasteiger partial charge in [-0.1, -0.05) is 28.8 Å². The maximum atomic E-state index is 13.6. The van der Waals surface area contributed by atoms with Crippen LogP contribution < -0.4 is 11.1 Å². The fourth-order valence-electron chi connectivity index (χ4n) is 4.79. The minimum absolute atomic E-state index is 0.158. The number of ketones is 1. The van der Waals surface area contributed by atoms with E-state index in [-0.39, 0.29) is 11.7 Å². The lowest BCUT2D eigenvalue weighted by Gasteiger charge is -2.39. The van der Waals surface area contributed by atoms with Crippen molar-refractivity contribution in [1.82, 2.24) is 20.2 Å². The molecule has 3 heterocycles. The monoisotopic (exact) mass is 515 g/mol. The van der Waals surface area contributed by atoms with E-state index < -0.39 is 11.6 Å². The Morgan fingerprint density at radius 3 is 3.03 bits per heavy atom. The Balaban J connectivity index is 1.39. The van der Waals surface area contributed by atoms with Crippen molar-refractivity contribution in [3.8, 4) is 0 Å². The SMILES string of the molecule is CN1CCc2nc(C(=O)NC3CCCCC3(N)C(=O)c3cc4cc(Br)ccc4[nH]3)sc2C1. The van der Waals surface area contributed by atoms with Crippen LogP contribution in [0.4, 0.5) is 0 Å². The van der Waals surface area contributed by atoms with E-state index in [0.29, 0.717) is 23.5 Å². The zero-order valence-electron chi connectivity index (χ0n) is 17.9. The van der Waals surface area contributed by atoms with E-state index >= 15 is 0 Å². The molecule has 4 N–H and O–H groups in total. The van der Waals surface area contributed by atoms with E-state index in [9.17, 15) is 9.59 Å². The summed E-state index contributed by atoms with van der Waals surface area (Å²) in [5, 5.41) is 4.47. The lowest BCUT2D eigenvalue weighted by Crippen LogP contribution is -2.64. The second kappa shape index (κ2) is 8.37. The first-order valence-electron chi connectivity index (χ1n) is 10.9. The first-order chi connectivity index (χ1) is 15.3. The van der Waals surface area contributed by atoms with E-state index in [4.69, 9.17) is 5.73 Å². The number of nitrogens with one attached hydrogen (secondary N) is 2. The second-order valence-electron chi connectivity index (χ2n) is 8.93. The molecule has 1 aliphatic carbocycles. The van der Waals surface area contributed by atoms with Gasteiger partial charge in [0, 0.05) is 39.8 Å². The molecule has 1 amide bonds. The number of likely N-dealkylation sites (N-methyl/N-ethyl adjacent to an activating group) is 1. The number of nitrogens with zero attached hydrogens (tertiary/aromatic N) is 2. The summed E-state index contributed by atoms with van der Waals surface area (Å²) in [5.41, 5.74) is 7.99. The third-order valence-corrected chi connectivity index (χ3v) is 8.20. The topological polar surface area (TPSA) is 104 Å². The third kappa shape index (κ3) is 3.91. The average molecular weight is 516 g/mol. The number of thiazole rings is 1. The van der Waals surface area contributed by atoms with E-state index in [0.717, 1.165) is 58.3 Å². The molecular formula is C23H26BrN5O2S. The molecule has 9 heteroatoms. The number of carbonyl (C=O) groups excluding carboxylic acids is 2. The molecule has 2 aromatic heterocycles. The average Bonchev–Trinajstić information content (AvgIpc) is 3.38. The van der Waals surface area contributed by atoms with Crippen LogP contribution >= 0.6 is 27.3 Å². The van der Waals surface area contributed by atoms with E-state index in [1.54, 1.807) is 0 Å². The molecule has 2 atom stereocenters. The van der Waals surface area contributed by atoms with E-state index in [2.05, 4.69) is 43.2 Å². The van der Waals surface area contributed by atoms with Crippen molar-refractivity contribution in [3.05, 3.63) is 50.0 Å². The number of H-pyrrole nitrogens is 1. The maximum absolute atomic E-state index is 13.6. The summed E-state index contributed by atoms with van der Waals surface area (Å²) in [6.07, 6.45) is 3.85. The van der Waals surface area contributed by atoms with Gasteiger partial charge in [0.2, 0.25) is 5.78 Å².